The highest BCUT2D eigenvalue weighted by Gasteiger charge is 2.19. The van der Waals surface area contributed by atoms with Crippen LogP contribution in [0.4, 0.5) is 5.69 Å². The van der Waals surface area contributed by atoms with Crippen molar-refractivity contribution < 1.29 is 24.5 Å². The molecule has 0 aromatic heterocycles. The molecule has 5 rings (SSSR count). The Hall–Kier alpha value is -4.55. The number of hydrogen-bond acceptors (Lipinski definition) is 5. The summed E-state index contributed by atoms with van der Waals surface area (Å²) in [7, 11) is 0. The molecule has 5 aromatic carbocycles. The molecule has 172 valence electrons. The van der Waals surface area contributed by atoms with Gasteiger partial charge in [-0.3, -0.25) is 4.79 Å². The van der Waals surface area contributed by atoms with Gasteiger partial charge in [-0.25, -0.2) is 4.79 Å². The quantitative estimate of drug-likeness (QED) is 0.199. The molecule has 0 saturated carbocycles. The molecule has 0 bridgehead atoms. The third kappa shape index (κ3) is 4.47. The van der Waals surface area contributed by atoms with E-state index in [0.29, 0.717) is 0 Å². The van der Waals surface area contributed by atoms with Crippen LogP contribution in [-0.4, -0.2) is 22.1 Å². The molecule has 1 amide bonds. The fourth-order valence-corrected chi connectivity index (χ4v) is 3.99. The lowest BCUT2D eigenvalue weighted by Gasteiger charge is -2.14. The molecule has 0 atom stereocenters. The molecule has 0 radical (unpaired) electrons. The van der Waals surface area contributed by atoms with Gasteiger partial charge < -0.3 is 20.3 Å². The van der Waals surface area contributed by atoms with Gasteiger partial charge in [-0.15, -0.1) is 0 Å². The van der Waals surface area contributed by atoms with Gasteiger partial charge in [-0.1, -0.05) is 60.1 Å². The molecular weight excluding hydrogens is 466 g/mol. The van der Waals surface area contributed by atoms with Gasteiger partial charge in [-0.2, -0.15) is 0 Å². The number of hydrogen-bond donors (Lipinski definition) is 3. The molecule has 35 heavy (non-hydrogen) atoms. The molecule has 0 fully saturated rings. The Kier molecular flexibility index (Phi) is 5.73. The number of carbonyl (C=O) groups is 2. The van der Waals surface area contributed by atoms with Crippen LogP contribution in [0.5, 0.6) is 17.2 Å². The highest BCUT2D eigenvalue weighted by molar-refractivity contribution is 6.31. The third-order valence-corrected chi connectivity index (χ3v) is 5.82. The predicted molar refractivity (Wildman–Crippen MR) is 136 cm³/mol. The number of aromatic hydroxyl groups is 2. The average molecular weight is 484 g/mol. The van der Waals surface area contributed by atoms with Crippen molar-refractivity contribution in [3.8, 4) is 17.2 Å². The minimum absolute atomic E-state index is 0.0105. The van der Waals surface area contributed by atoms with Gasteiger partial charge >= 0.3 is 5.97 Å². The number of phenols is 2. The van der Waals surface area contributed by atoms with Crippen molar-refractivity contribution in [1.82, 2.24) is 0 Å². The highest BCUT2D eigenvalue weighted by Crippen LogP contribution is 2.33. The lowest BCUT2D eigenvalue weighted by molar-refractivity contribution is 0.0731. The first kappa shape index (κ1) is 22.3. The molecule has 5 aromatic rings. The van der Waals surface area contributed by atoms with Gasteiger partial charge in [0.25, 0.3) is 5.91 Å². The van der Waals surface area contributed by atoms with Crippen LogP contribution in [0, 0.1) is 0 Å². The summed E-state index contributed by atoms with van der Waals surface area (Å²) < 4.78 is 5.52. The van der Waals surface area contributed by atoms with Crippen molar-refractivity contribution >= 4 is 50.7 Å². The standard InChI is InChI=1S/C28H18ClNO5/c29-20-9-10-23(30-27(33)21-11-16-5-1-3-7-18(16)13-24(21)31)26(15-20)35-28(34)22-12-17-6-2-4-8-19(17)14-25(22)32/h1-15,31-32H,(H,30,33). The minimum Gasteiger partial charge on any atom is -0.507 e. The number of amides is 1. The number of benzene rings is 5. The number of nitrogens with one attached hydrogen (secondary N) is 1. The largest absolute Gasteiger partial charge is 0.507 e. The van der Waals surface area contributed by atoms with E-state index in [1.165, 1.54) is 36.4 Å². The topological polar surface area (TPSA) is 95.9 Å². The van der Waals surface area contributed by atoms with E-state index in [4.69, 9.17) is 16.3 Å². The zero-order valence-electron chi connectivity index (χ0n) is 18.2. The molecule has 0 aliphatic heterocycles. The average Bonchev–Trinajstić information content (AvgIpc) is 2.84. The van der Waals surface area contributed by atoms with Crippen molar-refractivity contribution in [1.29, 1.82) is 0 Å². The smallest absolute Gasteiger partial charge is 0.347 e. The summed E-state index contributed by atoms with van der Waals surface area (Å²) >= 11 is 6.11. The van der Waals surface area contributed by atoms with E-state index in [1.807, 2.05) is 48.5 Å². The molecule has 7 heteroatoms. The van der Waals surface area contributed by atoms with Gasteiger partial charge in [0.2, 0.25) is 0 Å². The minimum atomic E-state index is -0.820. The Labute approximate surface area is 205 Å². The Morgan fingerprint density at radius 2 is 1.20 bits per heavy atom. The molecule has 0 unspecified atom stereocenters. The molecule has 6 nitrogen and oxygen atoms in total. The van der Waals surface area contributed by atoms with Crippen LogP contribution in [0.1, 0.15) is 20.7 Å². The number of fused-ring (bicyclic) bond motifs is 2. The summed E-state index contributed by atoms with van der Waals surface area (Å²) in [5.74, 6) is -1.85. The SMILES string of the molecule is O=C(Nc1ccc(Cl)cc1OC(=O)c1cc2ccccc2cc1O)c1cc2ccccc2cc1O. The molecule has 0 heterocycles. The zero-order valence-corrected chi connectivity index (χ0v) is 18.9. The number of esters is 1. The lowest BCUT2D eigenvalue weighted by Crippen LogP contribution is -2.15. The Balaban J connectivity index is 1.45. The van der Waals surface area contributed by atoms with E-state index in [1.54, 1.807) is 6.07 Å². The second-order valence-corrected chi connectivity index (χ2v) is 8.35. The number of carbonyl (C=O) groups excluding carboxylic acids is 2. The summed E-state index contributed by atoms with van der Waals surface area (Å²) in [4.78, 5) is 25.9. The molecular formula is C28H18ClNO5. The highest BCUT2D eigenvalue weighted by atomic mass is 35.5. The normalized spacial score (nSPS) is 10.9. The van der Waals surface area contributed by atoms with Crippen LogP contribution in [0.25, 0.3) is 21.5 Å². The van der Waals surface area contributed by atoms with E-state index >= 15 is 0 Å². The second-order valence-electron chi connectivity index (χ2n) is 7.92. The van der Waals surface area contributed by atoms with Crippen molar-refractivity contribution in [2.75, 3.05) is 5.32 Å². The first-order valence-corrected chi connectivity index (χ1v) is 11.0. The maximum absolute atomic E-state index is 13.0. The van der Waals surface area contributed by atoms with Gasteiger partial charge in [0, 0.05) is 11.1 Å². The summed E-state index contributed by atoms with van der Waals surface area (Å²) in [6.07, 6.45) is 0. The van der Waals surface area contributed by atoms with Crippen LogP contribution in [-0.2, 0) is 0 Å². The predicted octanol–water partition coefficient (Wildman–Crippen LogP) is 6.53. The monoisotopic (exact) mass is 483 g/mol. The van der Waals surface area contributed by atoms with Crippen LogP contribution in [0.2, 0.25) is 5.02 Å². The third-order valence-electron chi connectivity index (χ3n) is 5.59. The van der Waals surface area contributed by atoms with Crippen LogP contribution in [0.15, 0.2) is 91.0 Å². The van der Waals surface area contributed by atoms with E-state index < -0.39 is 11.9 Å². The summed E-state index contributed by atoms with van der Waals surface area (Å²) in [6.45, 7) is 0. The summed E-state index contributed by atoms with van der Waals surface area (Å²) in [6, 6.07) is 25.1. The van der Waals surface area contributed by atoms with Crippen LogP contribution in [0.3, 0.4) is 0 Å². The Morgan fingerprint density at radius 3 is 1.80 bits per heavy atom. The molecule has 0 spiro atoms. The number of rotatable bonds is 4. The summed E-state index contributed by atoms with van der Waals surface area (Å²) in [5, 5.41) is 26.8. The van der Waals surface area contributed by atoms with Gasteiger partial charge in [0.15, 0.2) is 5.75 Å². The molecule has 0 aliphatic rings. The Bertz CT molecular complexity index is 1630. The second kappa shape index (κ2) is 9.00. The van der Waals surface area contributed by atoms with Crippen molar-refractivity contribution in [2.45, 2.75) is 0 Å². The first-order chi connectivity index (χ1) is 16.9. The van der Waals surface area contributed by atoms with Crippen molar-refractivity contribution in [2.24, 2.45) is 0 Å². The fraction of sp³-hybridized carbons (Fsp3) is 0. The number of anilines is 1. The van der Waals surface area contributed by atoms with E-state index in [2.05, 4.69) is 5.32 Å². The Morgan fingerprint density at radius 1 is 0.686 bits per heavy atom. The van der Waals surface area contributed by atoms with E-state index in [9.17, 15) is 19.8 Å². The number of ether oxygens (including phenoxy) is 1. The van der Waals surface area contributed by atoms with Gasteiger partial charge in [0.1, 0.15) is 17.1 Å². The number of halogens is 1. The van der Waals surface area contributed by atoms with Gasteiger partial charge in [0.05, 0.1) is 11.3 Å². The number of phenolic OH excluding ortho intramolecular Hbond substituents is 2. The maximum atomic E-state index is 13.0. The lowest BCUT2D eigenvalue weighted by atomic mass is 10.1. The van der Waals surface area contributed by atoms with E-state index in [0.717, 1.165) is 21.5 Å². The van der Waals surface area contributed by atoms with Crippen LogP contribution >= 0.6 is 11.6 Å². The van der Waals surface area contributed by atoms with Gasteiger partial charge in [-0.05, 0) is 57.9 Å². The fourth-order valence-electron chi connectivity index (χ4n) is 3.83. The first-order valence-electron chi connectivity index (χ1n) is 10.7. The van der Waals surface area contributed by atoms with Crippen molar-refractivity contribution in [3.63, 3.8) is 0 Å². The molecule has 0 aliphatic carbocycles. The summed E-state index contributed by atoms with van der Waals surface area (Å²) in [5.41, 5.74) is 0.191. The van der Waals surface area contributed by atoms with Crippen LogP contribution < -0.4 is 10.1 Å². The molecule has 3 N–H and O–H groups in total. The zero-order chi connectivity index (χ0) is 24.5. The van der Waals surface area contributed by atoms with Crippen molar-refractivity contribution in [3.05, 3.63) is 107 Å². The maximum Gasteiger partial charge on any atom is 0.347 e. The van der Waals surface area contributed by atoms with E-state index in [-0.39, 0.29) is 39.1 Å². The molecule has 0 saturated heterocycles.